The first-order valence-electron chi connectivity index (χ1n) is 9.95. The molecule has 144 valence electrons. The normalized spacial score (nSPS) is 31.8. The van der Waals surface area contributed by atoms with Crippen LogP contribution in [0.15, 0.2) is 24.3 Å². The van der Waals surface area contributed by atoms with E-state index in [-0.39, 0.29) is 23.8 Å². The zero-order chi connectivity index (χ0) is 19.3. The van der Waals surface area contributed by atoms with Gasteiger partial charge in [-0.25, -0.2) is 0 Å². The average molecular weight is 369 g/mol. The number of amides is 3. The molecule has 1 spiro atoms. The van der Waals surface area contributed by atoms with Gasteiger partial charge in [0, 0.05) is 23.8 Å². The minimum absolute atomic E-state index is 0.120. The number of rotatable bonds is 5. The van der Waals surface area contributed by atoms with E-state index in [0.29, 0.717) is 12.5 Å². The van der Waals surface area contributed by atoms with E-state index in [1.54, 1.807) is 0 Å². The summed E-state index contributed by atoms with van der Waals surface area (Å²) >= 11 is 0. The van der Waals surface area contributed by atoms with Crippen molar-refractivity contribution in [3.05, 3.63) is 29.8 Å². The van der Waals surface area contributed by atoms with Crippen LogP contribution < -0.4 is 10.6 Å². The van der Waals surface area contributed by atoms with E-state index in [1.165, 1.54) is 4.90 Å². The lowest BCUT2D eigenvalue weighted by atomic mass is 9.76. The number of imide groups is 1. The van der Waals surface area contributed by atoms with E-state index in [2.05, 4.69) is 24.5 Å². The summed E-state index contributed by atoms with van der Waals surface area (Å²) < 4.78 is 0. The van der Waals surface area contributed by atoms with Gasteiger partial charge in [-0.2, -0.15) is 0 Å². The lowest BCUT2D eigenvalue weighted by Gasteiger charge is -2.29. The number of hydrogen-bond donors (Lipinski definition) is 2. The SMILES string of the molecule is CCCCN1C(=O)C2C(CC(C)C)NC3(C(=O)Nc4ccccc43)C2C1=O. The fraction of sp³-hybridized carbons (Fsp3) is 0.571. The highest BCUT2D eigenvalue weighted by molar-refractivity contribution is 6.15. The third-order valence-electron chi connectivity index (χ3n) is 6.17. The molecule has 0 radical (unpaired) electrons. The molecule has 0 aliphatic carbocycles. The first-order valence-corrected chi connectivity index (χ1v) is 9.95. The van der Waals surface area contributed by atoms with Gasteiger partial charge in [0.15, 0.2) is 0 Å². The first kappa shape index (κ1) is 18.2. The van der Waals surface area contributed by atoms with Crippen LogP contribution in [0.5, 0.6) is 0 Å². The fourth-order valence-corrected chi connectivity index (χ4v) is 5.06. The van der Waals surface area contributed by atoms with Crippen LogP contribution in [0.4, 0.5) is 5.69 Å². The maximum atomic E-state index is 13.3. The van der Waals surface area contributed by atoms with Crippen molar-refractivity contribution in [3.63, 3.8) is 0 Å². The van der Waals surface area contributed by atoms with Crippen molar-refractivity contribution in [1.82, 2.24) is 10.2 Å². The summed E-state index contributed by atoms with van der Waals surface area (Å²) in [5, 5.41) is 6.39. The molecule has 2 N–H and O–H groups in total. The standard InChI is InChI=1S/C21H27N3O3/c1-4-5-10-24-18(25)16-15(11-12(2)3)23-21(17(16)19(24)26)13-8-6-7-9-14(13)22-20(21)27/h6-9,12,15-17,23H,4-5,10-11H2,1-3H3,(H,22,27). The lowest BCUT2D eigenvalue weighted by molar-refractivity contribution is -0.142. The number of benzene rings is 1. The maximum absolute atomic E-state index is 13.3. The van der Waals surface area contributed by atoms with Crippen LogP contribution in [-0.2, 0) is 19.9 Å². The van der Waals surface area contributed by atoms with Crippen LogP contribution in [0.3, 0.4) is 0 Å². The third kappa shape index (κ3) is 2.46. The topological polar surface area (TPSA) is 78.5 Å². The highest BCUT2D eigenvalue weighted by atomic mass is 16.2. The molecule has 3 amide bonds. The second-order valence-corrected chi connectivity index (χ2v) is 8.37. The molecule has 4 rings (SSSR count). The van der Waals surface area contributed by atoms with Crippen molar-refractivity contribution >= 4 is 23.4 Å². The van der Waals surface area contributed by atoms with Gasteiger partial charge in [-0.05, 0) is 24.8 Å². The Morgan fingerprint density at radius 1 is 1.15 bits per heavy atom. The molecule has 3 heterocycles. The van der Waals surface area contributed by atoms with Crippen molar-refractivity contribution in [1.29, 1.82) is 0 Å². The van der Waals surface area contributed by atoms with E-state index in [0.717, 1.165) is 30.5 Å². The van der Waals surface area contributed by atoms with Gasteiger partial charge in [-0.3, -0.25) is 24.6 Å². The summed E-state index contributed by atoms with van der Waals surface area (Å²) in [6, 6.07) is 7.30. The second-order valence-electron chi connectivity index (χ2n) is 8.37. The number of carbonyl (C=O) groups excluding carboxylic acids is 3. The predicted molar refractivity (Wildman–Crippen MR) is 102 cm³/mol. The number of para-hydroxylation sites is 1. The van der Waals surface area contributed by atoms with Crippen molar-refractivity contribution in [2.24, 2.45) is 17.8 Å². The Morgan fingerprint density at radius 3 is 2.59 bits per heavy atom. The minimum atomic E-state index is -1.14. The summed E-state index contributed by atoms with van der Waals surface area (Å²) in [4.78, 5) is 41.1. The van der Waals surface area contributed by atoms with Crippen molar-refractivity contribution in [2.75, 3.05) is 11.9 Å². The zero-order valence-corrected chi connectivity index (χ0v) is 16.1. The molecule has 1 aromatic rings. The van der Waals surface area contributed by atoms with Crippen molar-refractivity contribution < 1.29 is 14.4 Å². The van der Waals surface area contributed by atoms with Crippen LogP contribution >= 0.6 is 0 Å². The summed E-state index contributed by atoms with van der Waals surface area (Å²) in [7, 11) is 0. The number of nitrogens with zero attached hydrogens (tertiary/aromatic N) is 1. The number of likely N-dealkylation sites (tertiary alicyclic amines) is 1. The quantitative estimate of drug-likeness (QED) is 0.781. The Bertz CT molecular complexity index is 806. The molecule has 0 saturated carbocycles. The second kappa shape index (κ2) is 6.44. The highest BCUT2D eigenvalue weighted by Gasteiger charge is 2.70. The van der Waals surface area contributed by atoms with Crippen LogP contribution in [-0.4, -0.2) is 35.2 Å². The molecule has 3 aliphatic rings. The Labute approximate surface area is 159 Å². The third-order valence-corrected chi connectivity index (χ3v) is 6.17. The number of carbonyl (C=O) groups is 3. The molecule has 4 unspecified atom stereocenters. The molecule has 2 saturated heterocycles. The van der Waals surface area contributed by atoms with Crippen LogP contribution in [0, 0.1) is 17.8 Å². The van der Waals surface area contributed by atoms with Crippen LogP contribution in [0.1, 0.15) is 45.6 Å². The number of unbranched alkanes of at least 4 members (excludes halogenated alkanes) is 1. The molecular weight excluding hydrogens is 342 g/mol. The van der Waals surface area contributed by atoms with Gasteiger partial charge in [0.1, 0.15) is 5.54 Å². The molecule has 1 aromatic carbocycles. The predicted octanol–water partition coefficient (Wildman–Crippen LogP) is 2.25. The number of fused-ring (bicyclic) bond motifs is 4. The Hall–Kier alpha value is -2.21. The molecule has 27 heavy (non-hydrogen) atoms. The summed E-state index contributed by atoms with van der Waals surface area (Å²) in [5.41, 5.74) is 0.370. The number of anilines is 1. The Kier molecular flexibility index (Phi) is 4.34. The minimum Gasteiger partial charge on any atom is -0.324 e. The molecule has 0 aromatic heterocycles. The van der Waals surface area contributed by atoms with E-state index in [9.17, 15) is 14.4 Å². The summed E-state index contributed by atoms with van der Waals surface area (Å²) in [6.07, 6.45) is 2.45. The van der Waals surface area contributed by atoms with Gasteiger partial charge in [-0.1, -0.05) is 45.4 Å². The molecule has 3 aliphatic heterocycles. The average Bonchev–Trinajstić information content (AvgIpc) is 3.19. The number of hydrogen-bond acceptors (Lipinski definition) is 4. The fourth-order valence-electron chi connectivity index (χ4n) is 5.06. The van der Waals surface area contributed by atoms with Gasteiger partial charge in [-0.15, -0.1) is 0 Å². The highest BCUT2D eigenvalue weighted by Crippen LogP contribution is 2.53. The molecule has 0 bridgehead atoms. The first-order chi connectivity index (χ1) is 12.9. The summed E-state index contributed by atoms with van der Waals surface area (Å²) in [6.45, 7) is 6.67. The van der Waals surface area contributed by atoms with Crippen molar-refractivity contribution in [3.8, 4) is 0 Å². The van der Waals surface area contributed by atoms with Gasteiger partial charge in [0.2, 0.25) is 17.7 Å². The van der Waals surface area contributed by atoms with E-state index in [1.807, 2.05) is 31.2 Å². The molecule has 6 heteroatoms. The van der Waals surface area contributed by atoms with Gasteiger partial charge in [0.25, 0.3) is 0 Å². The summed E-state index contributed by atoms with van der Waals surface area (Å²) in [5.74, 6) is -1.34. The van der Waals surface area contributed by atoms with E-state index >= 15 is 0 Å². The molecule has 6 nitrogen and oxygen atoms in total. The maximum Gasteiger partial charge on any atom is 0.250 e. The molecule has 2 fully saturated rings. The molecular formula is C21H27N3O3. The molecule has 4 atom stereocenters. The van der Waals surface area contributed by atoms with Gasteiger partial charge in [0.05, 0.1) is 11.8 Å². The zero-order valence-electron chi connectivity index (χ0n) is 16.1. The Morgan fingerprint density at radius 2 is 1.89 bits per heavy atom. The van der Waals surface area contributed by atoms with Crippen molar-refractivity contribution in [2.45, 2.75) is 51.6 Å². The Balaban J connectivity index is 1.82. The van der Waals surface area contributed by atoms with E-state index < -0.39 is 17.4 Å². The van der Waals surface area contributed by atoms with Crippen LogP contribution in [0.2, 0.25) is 0 Å². The lowest BCUT2D eigenvalue weighted by Crippen LogP contribution is -2.53. The van der Waals surface area contributed by atoms with E-state index in [4.69, 9.17) is 0 Å². The van der Waals surface area contributed by atoms with Crippen LogP contribution in [0.25, 0.3) is 0 Å². The number of nitrogens with one attached hydrogen (secondary N) is 2. The smallest absolute Gasteiger partial charge is 0.250 e. The monoisotopic (exact) mass is 369 g/mol. The van der Waals surface area contributed by atoms with Gasteiger partial charge < -0.3 is 5.32 Å². The largest absolute Gasteiger partial charge is 0.324 e. The van der Waals surface area contributed by atoms with Gasteiger partial charge >= 0.3 is 0 Å².